The largest absolute Gasteiger partial charge is 0.361 e. The van der Waals surface area contributed by atoms with Gasteiger partial charge in [0.05, 0.1) is 0 Å². The third-order valence-corrected chi connectivity index (χ3v) is 4.63. The average molecular weight is 305 g/mol. The molecule has 1 aromatic carbocycles. The molecule has 112 valence electrons. The minimum Gasteiger partial charge on any atom is -0.361 e. The van der Waals surface area contributed by atoms with Crippen LogP contribution in [0.4, 0.5) is 0 Å². The van der Waals surface area contributed by atoms with Gasteiger partial charge >= 0.3 is 0 Å². The first-order valence-electron chi connectivity index (χ1n) is 7.77. The Hall–Kier alpha value is -1.48. The van der Waals surface area contributed by atoms with Crippen molar-refractivity contribution in [2.75, 3.05) is 6.54 Å². The minimum atomic E-state index is 0.229. The Morgan fingerprint density at radius 2 is 2.10 bits per heavy atom. The molecule has 0 spiro atoms. The maximum atomic E-state index is 12.1. The molecule has 3 nitrogen and oxygen atoms in total. The van der Waals surface area contributed by atoms with Crippen LogP contribution in [0, 0.1) is 5.92 Å². The molecule has 4 heteroatoms. The van der Waals surface area contributed by atoms with Crippen LogP contribution in [-0.2, 0) is 11.2 Å². The van der Waals surface area contributed by atoms with Crippen molar-refractivity contribution in [3.8, 4) is 0 Å². The van der Waals surface area contributed by atoms with E-state index in [4.69, 9.17) is 11.6 Å². The van der Waals surface area contributed by atoms with E-state index in [1.54, 1.807) is 0 Å². The molecule has 0 aliphatic heterocycles. The molecule has 2 N–H and O–H groups in total. The topological polar surface area (TPSA) is 44.9 Å². The van der Waals surface area contributed by atoms with Crippen molar-refractivity contribution in [3.63, 3.8) is 0 Å². The van der Waals surface area contributed by atoms with Crippen molar-refractivity contribution in [1.29, 1.82) is 0 Å². The average Bonchev–Trinajstić information content (AvgIpc) is 2.90. The number of rotatable bonds is 4. The third kappa shape index (κ3) is 3.41. The summed E-state index contributed by atoms with van der Waals surface area (Å²) in [5.74, 6) is 0.462. The predicted molar refractivity (Wildman–Crippen MR) is 86.6 cm³/mol. The Balaban J connectivity index is 1.56. The molecule has 0 radical (unpaired) electrons. The minimum absolute atomic E-state index is 0.229. The molecule has 0 atom stereocenters. The number of halogens is 1. The molecular formula is C17H21ClN2O. The van der Waals surface area contributed by atoms with E-state index in [0.29, 0.717) is 6.54 Å². The van der Waals surface area contributed by atoms with Gasteiger partial charge in [-0.25, -0.2) is 0 Å². The number of carbonyl (C=O) groups excluding carboxylic acids is 1. The fraction of sp³-hybridized carbons (Fsp3) is 0.471. The molecule has 21 heavy (non-hydrogen) atoms. The summed E-state index contributed by atoms with van der Waals surface area (Å²) >= 11 is 6.05. The monoisotopic (exact) mass is 304 g/mol. The number of amides is 1. The van der Waals surface area contributed by atoms with Crippen molar-refractivity contribution in [2.45, 2.75) is 38.5 Å². The number of hydrogen-bond donors (Lipinski definition) is 2. The van der Waals surface area contributed by atoms with E-state index in [-0.39, 0.29) is 11.8 Å². The molecule has 1 fully saturated rings. The number of aromatic nitrogens is 1. The summed E-state index contributed by atoms with van der Waals surface area (Å²) in [5, 5.41) is 4.98. The first kappa shape index (κ1) is 14.5. The third-order valence-electron chi connectivity index (χ3n) is 4.40. The summed E-state index contributed by atoms with van der Waals surface area (Å²) in [6.45, 7) is 0.689. The number of benzene rings is 1. The van der Waals surface area contributed by atoms with Gasteiger partial charge in [0.25, 0.3) is 0 Å². The zero-order valence-electron chi connectivity index (χ0n) is 12.1. The summed E-state index contributed by atoms with van der Waals surface area (Å²) < 4.78 is 0. The molecule has 1 amide bonds. The van der Waals surface area contributed by atoms with Gasteiger partial charge in [0, 0.05) is 34.6 Å². The van der Waals surface area contributed by atoms with Gasteiger partial charge in [-0.05, 0) is 43.0 Å². The van der Waals surface area contributed by atoms with Crippen LogP contribution in [-0.4, -0.2) is 17.4 Å². The normalized spacial score (nSPS) is 16.2. The van der Waals surface area contributed by atoms with Crippen LogP contribution in [0.25, 0.3) is 10.9 Å². The summed E-state index contributed by atoms with van der Waals surface area (Å²) in [7, 11) is 0. The van der Waals surface area contributed by atoms with Gasteiger partial charge in [-0.3, -0.25) is 4.79 Å². The number of hydrogen-bond acceptors (Lipinski definition) is 1. The quantitative estimate of drug-likeness (QED) is 0.879. The van der Waals surface area contributed by atoms with Gasteiger partial charge in [0.1, 0.15) is 0 Å². The molecule has 1 aliphatic rings. The standard InChI is InChI=1S/C17H21ClN2O/c18-14-6-7-16-15(10-14)13(11-20-16)8-9-19-17(21)12-4-2-1-3-5-12/h6-7,10-12,20H,1-5,8-9H2,(H,19,21). The van der Waals surface area contributed by atoms with Crippen LogP contribution < -0.4 is 5.32 Å². The van der Waals surface area contributed by atoms with Crippen LogP contribution in [0.5, 0.6) is 0 Å². The van der Waals surface area contributed by atoms with Gasteiger partial charge in [-0.1, -0.05) is 30.9 Å². The Labute approximate surface area is 130 Å². The highest BCUT2D eigenvalue weighted by Crippen LogP contribution is 2.24. The van der Waals surface area contributed by atoms with Crippen LogP contribution in [0.3, 0.4) is 0 Å². The Morgan fingerprint density at radius 3 is 2.90 bits per heavy atom. The highest BCUT2D eigenvalue weighted by molar-refractivity contribution is 6.31. The molecule has 3 rings (SSSR count). The zero-order chi connectivity index (χ0) is 14.7. The lowest BCUT2D eigenvalue weighted by atomic mass is 9.88. The molecule has 0 unspecified atom stereocenters. The first-order chi connectivity index (χ1) is 10.2. The Bertz CT molecular complexity index is 629. The lowest BCUT2D eigenvalue weighted by molar-refractivity contribution is -0.125. The van der Waals surface area contributed by atoms with Crippen LogP contribution in [0.2, 0.25) is 5.02 Å². The van der Waals surface area contributed by atoms with Crippen molar-refractivity contribution in [1.82, 2.24) is 10.3 Å². The van der Waals surface area contributed by atoms with Gasteiger partial charge < -0.3 is 10.3 Å². The summed E-state index contributed by atoms with van der Waals surface area (Å²) in [6.07, 6.45) is 8.60. The number of H-pyrrole nitrogens is 1. The smallest absolute Gasteiger partial charge is 0.223 e. The highest BCUT2D eigenvalue weighted by atomic mass is 35.5. The second-order valence-corrected chi connectivity index (χ2v) is 6.32. The van der Waals surface area contributed by atoms with Crippen LogP contribution in [0.1, 0.15) is 37.7 Å². The van der Waals surface area contributed by atoms with Gasteiger partial charge in [0.2, 0.25) is 5.91 Å². The molecule has 1 aromatic heterocycles. The van der Waals surface area contributed by atoms with Gasteiger partial charge in [-0.15, -0.1) is 0 Å². The highest BCUT2D eigenvalue weighted by Gasteiger charge is 2.20. The second kappa shape index (κ2) is 6.52. The fourth-order valence-corrected chi connectivity index (χ4v) is 3.36. The summed E-state index contributed by atoms with van der Waals surface area (Å²) in [5.41, 5.74) is 2.30. The molecule has 0 bridgehead atoms. The number of aromatic amines is 1. The van der Waals surface area contributed by atoms with E-state index in [2.05, 4.69) is 10.3 Å². The van der Waals surface area contributed by atoms with Crippen molar-refractivity contribution in [2.24, 2.45) is 5.92 Å². The summed E-state index contributed by atoms with van der Waals surface area (Å²) in [4.78, 5) is 15.3. The van der Waals surface area contributed by atoms with Crippen molar-refractivity contribution < 1.29 is 4.79 Å². The van der Waals surface area contributed by atoms with E-state index in [9.17, 15) is 4.79 Å². The lowest BCUT2D eigenvalue weighted by Crippen LogP contribution is -2.33. The maximum absolute atomic E-state index is 12.1. The lowest BCUT2D eigenvalue weighted by Gasteiger charge is -2.20. The van der Waals surface area contributed by atoms with Crippen LogP contribution in [0.15, 0.2) is 24.4 Å². The predicted octanol–water partition coefficient (Wildman–Crippen LogP) is 4.06. The Morgan fingerprint density at radius 1 is 1.29 bits per heavy atom. The Kier molecular flexibility index (Phi) is 4.49. The molecule has 0 saturated heterocycles. The SMILES string of the molecule is O=C(NCCc1c[nH]c2ccc(Cl)cc12)C1CCCCC1. The number of carbonyl (C=O) groups is 1. The van der Waals surface area contributed by atoms with E-state index < -0.39 is 0 Å². The van der Waals surface area contributed by atoms with E-state index >= 15 is 0 Å². The molecule has 1 aliphatic carbocycles. The van der Waals surface area contributed by atoms with E-state index in [1.807, 2.05) is 24.4 Å². The van der Waals surface area contributed by atoms with Crippen molar-refractivity contribution in [3.05, 3.63) is 35.0 Å². The van der Waals surface area contributed by atoms with E-state index in [0.717, 1.165) is 35.2 Å². The zero-order valence-corrected chi connectivity index (χ0v) is 12.9. The maximum Gasteiger partial charge on any atom is 0.223 e. The van der Waals surface area contributed by atoms with E-state index in [1.165, 1.54) is 24.8 Å². The van der Waals surface area contributed by atoms with Gasteiger partial charge in [0.15, 0.2) is 0 Å². The van der Waals surface area contributed by atoms with Crippen LogP contribution >= 0.6 is 11.6 Å². The molecule has 1 saturated carbocycles. The second-order valence-electron chi connectivity index (χ2n) is 5.88. The number of fused-ring (bicyclic) bond motifs is 1. The van der Waals surface area contributed by atoms with Crippen molar-refractivity contribution >= 4 is 28.4 Å². The molecule has 1 heterocycles. The van der Waals surface area contributed by atoms with Gasteiger partial charge in [-0.2, -0.15) is 0 Å². The molecular weight excluding hydrogens is 284 g/mol. The fourth-order valence-electron chi connectivity index (χ4n) is 3.19. The number of nitrogens with one attached hydrogen (secondary N) is 2. The molecule has 2 aromatic rings. The first-order valence-corrected chi connectivity index (χ1v) is 8.15. The summed E-state index contributed by atoms with van der Waals surface area (Å²) in [6, 6.07) is 5.85.